The van der Waals surface area contributed by atoms with Gasteiger partial charge in [0.15, 0.2) is 0 Å². The largest absolute Gasteiger partial charge is 0.343 e. The summed E-state index contributed by atoms with van der Waals surface area (Å²) in [4.78, 5) is 40.0. The summed E-state index contributed by atoms with van der Waals surface area (Å²) >= 11 is 0. The van der Waals surface area contributed by atoms with Gasteiger partial charge in [0.05, 0.1) is 11.1 Å². The molecule has 0 bridgehead atoms. The third-order valence-corrected chi connectivity index (χ3v) is 4.79. The number of fused-ring (bicyclic) bond motifs is 1. The highest BCUT2D eigenvalue weighted by Crippen LogP contribution is 2.25. The molecule has 0 spiro atoms. The molecule has 0 saturated heterocycles. The van der Waals surface area contributed by atoms with Gasteiger partial charge in [-0.1, -0.05) is 56.3 Å². The minimum atomic E-state index is -0.408. The standard InChI is InChI=1S/C21H22N2O3/c1-21(2,15-9-5-4-6-10-15)14-22(3)18(24)13-23-19(25)16-11-7-8-12-17(16)20(23)26/h4-12H,13-14H2,1-3H3. The second-order valence-electron chi connectivity index (χ2n) is 7.24. The number of imide groups is 1. The van der Waals surface area contributed by atoms with Crippen molar-refractivity contribution in [2.45, 2.75) is 19.3 Å². The average Bonchev–Trinajstić information content (AvgIpc) is 2.87. The molecule has 1 heterocycles. The van der Waals surface area contributed by atoms with Crippen molar-refractivity contribution in [2.24, 2.45) is 0 Å². The number of hydrogen-bond donors (Lipinski definition) is 0. The average molecular weight is 350 g/mol. The summed E-state index contributed by atoms with van der Waals surface area (Å²) < 4.78 is 0. The third kappa shape index (κ3) is 3.25. The minimum Gasteiger partial charge on any atom is -0.343 e. The summed E-state index contributed by atoms with van der Waals surface area (Å²) in [5, 5.41) is 0. The summed E-state index contributed by atoms with van der Waals surface area (Å²) in [6.07, 6.45) is 0. The van der Waals surface area contributed by atoms with Crippen LogP contribution in [-0.4, -0.2) is 47.7 Å². The molecule has 5 nitrogen and oxygen atoms in total. The highest BCUT2D eigenvalue weighted by Gasteiger charge is 2.37. The molecule has 0 aliphatic carbocycles. The van der Waals surface area contributed by atoms with E-state index in [-0.39, 0.29) is 17.9 Å². The Bertz CT molecular complexity index is 824. The molecule has 2 aromatic carbocycles. The van der Waals surface area contributed by atoms with Gasteiger partial charge in [-0.3, -0.25) is 19.3 Å². The number of rotatable bonds is 5. The number of carbonyl (C=O) groups is 3. The molecule has 0 radical (unpaired) electrons. The Hall–Kier alpha value is -2.95. The molecule has 26 heavy (non-hydrogen) atoms. The lowest BCUT2D eigenvalue weighted by Crippen LogP contribution is -2.45. The van der Waals surface area contributed by atoms with Crippen LogP contribution in [0.5, 0.6) is 0 Å². The van der Waals surface area contributed by atoms with Crippen LogP contribution in [0.15, 0.2) is 54.6 Å². The highest BCUT2D eigenvalue weighted by molar-refractivity contribution is 6.22. The molecule has 134 valence electrons. The van der Waals surface area contributed by atoms with Crippen molar-refractivity contribution in [3.63, 3.8) is 0 Å². The Kier molecular flexibility index (Phi) is 4.64. The van der Waals surface area contributed by atoms with E-state index in [1.165, 1.54) is 0 Å². The number of likely N-dealkylation sites (N-methyl/N-ethyl adjacent to an activating group) is 1. The molecule has 2 aromatic rings. The quantitative estimate of drug-likeness (QED) is 0.779. The van der Waals surface area contributed by atoms with Crippen molar-refractivity contribution in [1.82, 2.24) is 9.80 Å². The van der Waals surface area contributed by atoms with E-state index in [0.29, 0.717) is 17.7 Å². The zero-order valence-corrected chi connectivity index (χ0v) is 15.2. The molecule has 0 N–H and O–H groups in total. The summed E-state index contributed by atoms with van der Waals surface area (Å²) in [7, 11) is 1.70. The van der Waals surface area contributed by atoms with Gasteiger partial charge in [0, 0.05) is 19.0 Å². The Labute approximate surface area is 153 Å². The smallest absolute Gasteiger partial charge is 0.262 e. The minimum absolute atomic E-state index is 0.242. The van der Waals surface area contributed by atoms with Crippen molar-refractivity contribution in [2.75, 3.05) is 20.1 Å². The normalized spacial score (nSPS) is 13.7. The van der Waals surface area contributed by atoms with E-state index in [4.69, 9.17) is 0 Å². The number of carbonyl (C=O) groups excluding carboxylic acids is 3. The van der Waals surface area contributed by atoms with Crippen LogP contribution < -0.4 is 0 Å². The number of amides is 3. The first-order valence-corrected chi connectivity index (χ1v) is 8.56. The van der Waals surface area contributed by atoms with Gasteiger partial charge < -0.3 is 4.90 Å². The van der Waals surface area contributed by atoms with Gasteiger partial charge in [0.25, 0.3) is 11.8 Å². The molecule has 0 atom stereocenters. The number of benzene rings is 2. The van der Waals surface area contributed by atoms with E-state index in [2.05, 4.69) is 13.8 Å². The highest BCUT2D eigenvalue weighted by atomic mass is 16.2. The third-order valence-electron chi connectivity index (χ3n) is 4.79. The lowest BCUT2D eigenvalue weighted by molar-refractivity contribution is -0.130. The summed E-state index contributed by atoms with van der Waals surface area (Å²) in [6.45, 7) is 4.37. The van der Waals surface area contributed by atoms with Crippen LogP contribution in [-0.2, 0) is 10.2 Å². The van der Waals surface area contributed by atoms with Crippen LogP contribution in [0.1, 0.15) is 40.1 Å². The van der Waals surface area contributed by atoms with Gasteiger partial charge in [0.1, 0.15) is 6.54 Å². The molecular formula is C21H22N2O3. The molecule has 1 aliphatic heterocycles. The van der Waals surface area contributed by atoms with Gasteiger partial charge in [0.2, 0.25) is 5.91 Å². The maximum Gasteiger partial charge on any atom is 0.262 e. The molecule has 3 amide bonds. The van der Waals surface area contributed by atoms with Crippen molar-refractivity contribution in [3.05, 3.63) is 71.3 Å². The van der Waals surface area contributed by atoms with E-state index in [1.807, 2.05) is 30.3 Å². The Morgan fingerprint density at radius 3 is 1.96 bits per heavy atom. The molecule has 0 saturated carbocycles. The van der Waals surface area contributed by atoms with Crippen molar-refractivity contribution in [1.29, 1.82) is 0 Å². The van der Waals surface area contributed by atoms with Gasteiger partial charge >= 0.3 is 0 Å². The SMILES string of the molecule is CN(CC(C)(C)c1ccccc1)C(=O)CN1C(=O)c2ccccc2C1=O. The van der Waals surface area contributed by atoms with E-state index in [0.717, 1.165) is 10.5 Å². The van der Waals surface area contributed by atoms with Gasteiger partial charge in [-0.05, 0) is 17.7 Å². The van der Waals surface area contributed by atoms with E-state index in [9.17, 15) is 14.4 Å². The fourth-order valence-corrected chi connectivity index (χ4v) is 3.30. The molecule has 1 aliphatic rings. The van der Waals surface area contributed by atoms with Crippen LogP contribution in [0.3, 0.4) is 0 Å². The van der Waals surface area contributed by atoms with Crippen LogP contribution >= 0.6 is 0 Å². The fourth-order valence-electron chi connectivity index (χ4n) is 3.30. The Balaban J connectivity index is 1.69. The molecule has 5 heteroatoms. The van der Waals surface area contributed by atoms with E-state index >= 15 is 0 Å². The van der Waals surface area contributed by atoms with Crippen molar-refractivity contribution >= 4 is 17.7 Å². The maximum absolute atomic E-state index is 12.6. The van der Waals surface area contributed by atoms with Crippen molar-refractivity contribution < 1.29 is 14.4 Å². The maximum atomic E-state index is 12.6. The first-order chi connectivity index (χ1) is 12.3. The van der Waals surface area contributed by atoms with Crippen molar-refractivity contribution in [3.8, 4) is 0 Å². The number of hydrogen-bond acceptors (Lipinski definition) is 3. The lowest BCUT2D eigenvalue weighted by Gasteiger charge is -2.31. The predicted octanol–water partition coefficient (Wildman–Crippen LogP) is 2.72. The topological polar surface area (TPSA) is 57.7 Å². The molecule has 0 fully saturated rings. The molecule has 0 unspecified atom stereocenters. The molecule has 0 aromatic heterocycles. The first kappa shape index (κ1) is 17.9. The zero-order valence-electron chi connectivity index (χ0n) is 15.2. The van der Waals surface area contributed by atoms with Gasteiger partial charge in [-0.15, -0.1) is 0 Å². The van der Waals surface area contributed by atoms with E-state index in [1.54, 1.807) is 36.2 Å². The predicted molar refractivity (Wildman–Crippen MR) is 98.9 cm³/mol. The van der Waals surface area contributed by atoms with Gasteiger partial charge in [-0.25, -0.2) is 0 Å². The van der Waals surface area contributed by atoms with Crippen LogP contribution in [0.25, 0.3) is 0 Å². The summed E-state index contributed by atoms with van der Waals surface area (Å²) in [6, 6.07) is 16.6. The second kappa shape index (κ2) is 6.75. The van der Waals surface area contributed by atoms with Gasteiger partial charge in [-0.2, -0.15) is 0 Å². The number of nitrogens with zero attached hydrogens (tertiary/aromatic N) is 2. The fraction of sp³-hybridized carbons (Fsp3) is 0.286. The van der Waals surface area contributed by atoms with Crippen LogP contribution in [0, 0.1) is 0 Å². The summed E-state index contributed by atoms with van der Waals surface area (Å²) in [5.41, 5.74) is 1.60. The van der Waals surface area contributed by atoms with Crippen LogP contribution in [0.4, 0.5) is 0 Å². The monoisotopic (exact) mass is 350 g/mol. The first-order valence-electron chi connectivity index (χ1n) is 8.56. The van der Waals surface area contributed by atoms with Crippen LogP contribution in [0.2, 0.25) is 0 Å². The Morgan fingerprint density at radius 2 is 1.42 bits per heavy atom. The molecular weight excluding hydrogens is 328 g/mol. The lowest BCUT2D eigenvalue weighted by atomic mass is 9.84. The zero-order chi connectivity index (χ0) is 18.9. The van der Waals surface area contributed by atoms with E-state index < -0.39 is 11.8 Å². The Morgan fingerprint density at radius 1 is 0.923 bits per heavy atom. The second-order valence-corrected chi connectivity index (χ2v) is 7.24. The summed E-state index contributed by atoms with van der Waals surface area (Å²) in [5.74, 6) is -1.08. The molecule has 3 rings (SSSR count).